The molecule has 102 valence electrons. The summed E-state index contributed by atoms with van der Waals surface area (Å²) in [7, 11) is 0. The Balaban J connectivity index is 1.91. The number of amides is 1. The predicted octanol–water partition coefficient (Wildman–Crippen LogP) is 4.42. The van der Waals surface area contributed by atoms with Crippen molar-refractivity contribution in [2.24, 2.45) is 0 Å². The Morgan fingerprint density at radius 2 is 1.95 bits per heavy atom. The standard InChI is InChI=1S/C17H11BrN2O/c18-11-5-6-15-13(8-11)10(9-19-15)7-14-12-3-1-2-4-16(12)20-17(14)21/h1-9,19H,(H,20,21)/b14-7+. The third kappa shape index (κ3) is 1.99. The minimum atomic E-state index is -0.0550. The van der Waals surface area contributed by atoms with Crippen LogP contribution in [0.25, 0.3) is 22.6 Å². The molecule has 0 radical (unpaired) electrons. The molecule has 0 spiro atoms. The van der Waals surface area contributed by atoms with E-state index in [-0.39, 0.29) is 5.91 Å². The molecular formula is C17H11BrN2O. The van der Waals surface area contributed by atoms with Gasteiger partial charge in [0.05, 0.1) is 0 Å². The van der Waals surface area contributed by atoms with E-state index in [0.29, 0.717) is 5.57 Å². The molecule has 0 bridgehead atoms. The van der Waals surface area contributed by atoms with Crippen LogP contribution in [0.5, 0.6) is 0 Å². The van der Waals surface area contributed by atoms with Gasteiger partial charge in [-0.2, -0.15) is 0 Å². The number of aromatic nitrogens is 1. The summed E-state index contributed by atoms with van der Waals surface area (Å²) in [6, 6.07) is 13.8. The highest BCUT2D eigenvalue weighted by molar-refractivity contribution is 9.10. The van der Waals surface area contributed by atoms with Crippen molar-refractivity contribution in [3.63, 3.8) is 0 Å². The summed E-state index contributed by atoms with van der Waals surface area (Å²) in [4.78, 5) is 15.4. The molecule has 0 fully saturated rings. The van der Waals surface area contributed by atoms with Crippen molar-refractivity contribution in [3.8, 4) is 0 Å². The van der Waals surface area contributed by atoms with Gasteiger partial charge >= 0.3 is 0 Å². The number of hydrogen-bond donors (Lipinski definition) is 2. The molecule has 0 saturated carbocycles. The largest absolute Gasteiger partial charge is 0.361 e. The first-order valence-corrected chi connectivity index (χ1v) is 7.41. The van der Waals surface area contributed by atoms with Crippen LogP contribution < -0.4 is 5.32 Å². The van der Waals surface area contributed by atoms with Gasteiger partial charge in [-0.05, 0) is 30.3 Å². The monoisotopic (exact) mass is 338 g/mol. The molecule has 3 aromatic rings. The summed E-state index contributed by atoms with van der Waals surface area (Å²) in [6.07, 6.45) is 3.87. The van der Waals surface area contributed by atoms with Gasteiger partial charge in [-0.3, -0.25) is 4.79 Å². The number of para-hydroxylation sites is 1. The fraction of sp³-hybridized carbons (Fsp3) is 0. The quantitative estimate of drug-likeness (QED) is 0.633. The van der Waals surface area contributed by atoms with Gasteiger partial charge in [0.15, 0.2) is 0 Å². The highest BCUT2D eigenvalue weighted by Gasteiger charge is 2.23. The Kier molecular flexibility index (Phi) is 2.72. The lowest BCUT2D eigenvalue weighted by molar-refractivity contribution is -0.110. The molecule has 21 heavy (non-hydrogen) atoms. The second-order valence-electron chi connectivity index (χ2n) is 4.99. The summed E-state index contributed by atoms with van der Waals surface area (Å²) in [5.74, 6) is -0.0550. The van der Waals surface area contributed by atoms with E-state index in [1.54, 1.807) is 0 Å². The Labute approximate surface area is 129 Å². The molecule has 0 atom stereocenters. The zero-order valence-electron chi connectivity index (χ0n) is 11.0. The van der Waals surface area contributed by atoms with E-state index < -0.39 is 0 Å². The Morgan fingerprint density at radius 3 is 2.86 bits per heavy atom. The van der Waals surface area contributed by atoms with Crippen LogP contribution in [0.1, 0.15) is 11.1 Å². The molecule has 0 aliphatic carbocycles. The molecule has 2 N–H and O–H groups in total. The van der Waals surface area contributed by atoms with Crippen molar-refractivity contribution in [2.45, 2.75) is 0 Å². The first-order valence-electron chi connectivity index (χ1n) is 6.61. The smallest absolute Gasteiger partial charge is 0.256 e. The van der Waals surface area contributed by atoms with Crippen molar-refractivity contribution in [1.82, 2.24) is 4.98 Å². The van der Waals surface area contributed by atoms with Crippen LogP contribution in [0.4, 0.5) is 5.69 Å². The number of carbonyl (C=O) groups excluding carboxylic acids is 1. The molecular weight excluding hydrogens is 328 g/mol. The number of carbonyl (C=O) groups is 1. The maximum atomic E-state index is 12.2. The van der Waals surface area contributed by atoms with E-state index in [1.807, 2.05) is 48.7 Å². The maximum absolute atomic E-state index is 12.2. The number of aromatic amines is 1. The number of hydrogen-bond acceptors (Lipinski definition) is 1. The van der Waals surface area contributed by atoms with E-state index >= 15 is 0 Å². The number of nitrogens with one attached hydrogen (secondary N) is 2. The maximum Gasteiger partial charge on any atom is 0.256 e. The van der Waals surface area contributed by atoms with Gasteiger partial charge in [0.25, 0.3) is 5.91 Å². The highest BCUT2D eigenvalue weighted by Crippen LogP contribution is 2.34. The molecule has 1 aliphatic heterocycles. The first-order chi connectivity index (χ1) is 10.2. The van der Waals surface area contributed by atoms with E-state index in [0.717, 1.165) is 32.2 Å². The molecule has 4 heteroatoms. The van der Waals surface area contributed by atoms with Gasteiger partial charge in [0, 0.05) is 44.0 Å². The molecule has 1 amide bonds. The summed E-state index contributed by atoms with van der Waals surface area (Å²) in [6.45, 7) is 0. The zero-order chi connectivity index (χ0) is 14.4. The molecule has 0 saturated heterocycles. The minimum Gasteiger partial charge on any atom is -0.361 e. The second-order valence-corrected chi connectivity index (χ2v) is 5.91. The third-order valence-corrected chi connectivity index (χ3v) is 4.18. The first kappa shape index (κ1) is 12.4. The van der Waals surface area contributed by atoms with Crippen molar-refractivity contribution < 1.29 is 4.79 Å². The second kappa shape index (κ2) is 4.60. The molecule has 1 aliphatic rings. The van der Waals surface area contributed by atoms with Crippen LogP contribution in [-0.2, 0) is 4.79 Å². The van der Waals surface area contributed by atoms with Crippen molar-refractivity contribution in [3.05, 3.63) is 64.3 Å². The lowest BCUT2D eigenvalue weighted by Crippen LogP contribution is -2.03. The van der Waals surface area contributed by atoms with Crippen molar-refractivity contribution in [1.29, 1.82) is 0 Å². The number of halogens is 1. The molecule has 2 heterocycles. The summed E-state index contributed by atoms with van der Waals surface area (Å²) < 4.78 is 1.02. The van der Waals surface area contributed by atoms with Crippen LogP contribution in [0.2, 0.25) is 0 Å². The summed E-state index contributed by atoms with van der Waals surface area (Å²) in [5, 5.41) is 3.98. The van der Waals surface area contributed by atoms with Gasteiger partial charge in [-0.15, -0.1) is 0 Å². The summed E-state index contributed by atoms with van der Waals surface area (Å²) >= 11 is 3.49. The molecule has 3 nitrogen and oxygen atoms in total. The van der Waals surface area contributed by atoms with Crippen LogP contribution in [0.3, 0.4) is 0 Å². The Bertz CT molecular complexity index is 908. The lowest BCUT2D eigenvalue weighted by Gasteiger charge is -1.98. The van der Waals surface area contributed by atoms with E-state index in [1.165, 1.54) is 0 Å². The number of fused-ring (bicyclic) bond motifs is 2. The average molecular weight is 339 g/mol. The Morgan fingerprint density at radius 1 is 1.10 bits per heavy atom. The zero-order valence-corrected chi connectivity index (χ0v) is 12.6. The predicted molar refractivity (Wildman–Crippen MR) is 88.9 cm³/mol. The van der Waals surface area contributed by atoms with Crippen LogP contribution in [-0.4, -0.2) is 10.9 Å². The van der Waals surface area contributed by atoms with Crippen LogP contribution >= 0.6 is 15.9 Å². The van der Waals surface area contributed by atoms with Crippen molar-refractivity contribution >= 4 is 50.1 Å². The SMILES string of the molecule is O=C1Nc2ccccc2/C1=C\c1c[nH]c2ccc(Br)cc12. The normalized spacial score (nSPS) is 15.5. The Hall–Kier alpha value is -2.33. The minimum absolute atomic E-state index is 0.0550. The number of anilines is 1. The summed E-state index contributed by atoms with van der Waals surface area (Å²) in [5.41, 5.74) is 4.58. The van der Waals surface area contributed by atoms with Gasteiger partial charge in [0.2, 0.25) is 0 Å². The van der Waals surface area contributed by atoms with E-state index in [2.05, 4.69) is 32.3 Å². The number of benzene rings is 2. The fourth-order valence-electron chi connectivity index (χ4n) is 2.67. The third-order valence-electron chi connectivity index (χ3n) is 3.69. The molecule has 4 rings (SSSR count). The number of rotatable bonds is 1. The van der Waals surface area contributed by atoms with Crippen LogP contribution in [0, 0.1) is 0 Å². The van der Waals surface area contributed by atoms with Crippen LogP contribution in [0.15, 0.2) is 53.1 Å². The van der Waals surface area contributed by atoms with Gasteiger partial charge < -0.3 is 10.3 Å². The lowest BCUT2D eigenvalue weighted by atomic mass is 10.0. The van der Waals surface area contributed by atoms with Gasteiger partial charge in [-0.25, -0.2) is 0 Å². The topological polar surface area (TPSA) is 44.9 Å². The fourth-order valence-corrected chi connectivity index (χ4v) is 3.03. The van der Waals surface area contributed by atoms with Gasteiger partial charge in [-0.1, -0.05) is 34.1 Å². The highest BCUT2D eigenvalue weighted by atomic mass is 79.9. The molecule has 1 aromatic heterocycles. The van der Waals surface area contributed by atoms with Crippen molar-refractivity contribution in [2.75, 3.05) is 5.32 Å². The molecule has 2 aromatic carbocycles. The average Bonchev–Trinajstić information content (AvgIpc) is 3.01. The molecule has 0 unspecified atom stereocenters. The van der Waals surface area contributed by atoms with Gasteiger partial charge in [0.1, 0.15) is 0 Å². The van der Waals surface area contributed by atoms with E-state index in [9.17, 15) is 4.79 Å². The van der Waals surface area contributed by atoms with E-state index in [4.69, 9.17) is 0 Å². The number of H-pyrrole nitrogens is 1.